The Labute approximate surface area is 153 Å². The number of rotatable bonds is 4. The number of halogens is 1. The molecule has 3 aromatic rings. The summed E-state index contributed by atoms with van der Waals surface area (Å²) < 4.78 is 2.39. The zero-order valence-corrected chi connectivity index (χ0v) is 15.4. The van der Waals surface area contributed by atoms with Gasteiger partial charge in [0.2, 0.25) is 0 Å². The summed E-state index contributed by atoms with van der Waals surface area (Å²) in [6.07, 6.45) is 0. The first-order valence-corrected chi connectivity index (χ1v) is 8.46. The highest BCUT2D eigenvalue weighted by Gasteiger charge is 2.18. The van der Waals surface area contributed by atoms with Crippen LogP contribution in [-0.4, -0.2) is 21.5 Å². The molecule has 0 saturated carbocycles. The van der Waals surface area contributed by atoms with Gasteiger partial charge in [-0.2, -0.15) is 5.10 Å². The third-order valence-corrected chi connectivity index (χ3v) is 4.35. The molecule has 3 rings (SSSR count). The number of carbonyl (C=O) groups excluding carboxylic acids is 2. The van der Waals surface area contributed by atoms with E-state index >= 15 is 0 Å². The standard InChI is InChI=1S/C19H16BrN3O2/c1-12-10-17(22-23(12)2)19(25)21-16-9-8-14(20)11-15(16)18(24)13-6-4-3-5-7-13/h3-11H,1-2H3,(H,21,25). The molecule has 1 aromatic heterocycles. The van der Waals surface area contributed by atoms with Crippen molar-refractivity contribution in [2.45, 2.75) is 6.92 Å². The molecule has 0 radical (unpaired) electrons. The summed E-state index contributed by atoms with van der Waals surface area (Å²) >= 11 is 3.38. The summed E-state index contributed by atoms with van der Waals surface area (Å²) in [5.74, 6) is -0.512. The van der Waals surface area contributed by atoms with E-state index in [9.17, 15) is 9.59 Å². The van der Waals surface area contributed by atoms with Crippen LogP contribution in [0.15, 0.2) is 59.1 Å². The van der Waals surface area contributed by atoms with Gasteiger partial charge < -0.3 is 5.32 Å². The number of carbonyl (C=O) groups is 2. The Morgan fingerprint density at radius 3 is 2.44 bits per heavy atom. The molecule has 0 atom stereocenters. The fraction of sp³-hybridized carbons (Fsp3) is 0.105. The van der Waals surface area contributed by atoms with Gasteiger partial charge in [-0.25, -0.2) is 0 Å². The second-order valence-corrected chi connectivity index (χ2v) is 6.55. The molecule has 2 aromatic carbocycles. The number of aryl methyl sites for hydroxylation is 2. The third-order valence-electron chi connectivity index (χ3n) is 3.86. The van der Waals surface area contributed by atoms with E-state index in [1.54, 1.807) is 60.3 Å². The van der Waals surface area contributed by atoms with Crippen LogP contribution in [0.1, 0.15) is 32.1 Å². The number of benzene rings is 2. The van der Waals surface area contributed by atoms with E-state index in [2.05, 4.69) is 26.3 Å². The topological polar surface area (TPSA) is 64.0 Å². The minimum absolute atomic E-state index is 0.158. The first-order valence-electron chi connectivity index (χ1n) is 7.67. The van der Waals surface area contributed by atoms with Crippen LogP contribution in [-0.2, 0) is 7.05 Å². The SMILES string of the molecule is Cc1cc(C(=O)Nc2ccc(Br)cc2C(=O)c2ccccc2)nn1C. The molecule has 0 spiro atoms. The van der Waals surface area contributed by atoms with Gasteiger partial charge in [0.1, 0.15) is 0 Å². The second-order valence-electron chi connectivity index (χ2n) is 5.63. The lowest BCUT2D eigenvalue weighted by Crippen LogP contribution is -2.16. The number of hydrogen-bond donors (Lipinski definition) is 1. The van der Waals surface area contributed by atoms with Gasteiger partial charge in [0, 0.05) is 28.3 Å². The molecule has 0 unspecified atom stereocenters. The van der Waals surface area contributed by atoms with Crippen LogP contribution < -0.4 is 5.32 Å². The van der Waals surface area contributed by atoms with Gasteiger partial charge in [-0.1, -0.05) is 46.3 Å². The maximum absolute atomic E-state index is 12.8. The van der Waals surface area contributed by atoms with E-state index in [1.807, 2.05) is 13.0 Å². The van der Waals surface area contributed by atoms with Gasteiger partial charge in [-0.3, -0.25) is 14.3 Å². The number of ketones is 1. The van der Waals surface area contributed by atoms with Crippen molar-refractivity contribution in [3.8, 4) is 0 Å². The molecule has 5 nitrogen and oxygen atoms in total. The molecule has 0 aliphatic carbocycles. The number of nitrogens with zero attached hydrogens (tertiary/aromatic N) is 2. The summed E-state index contributed by atoms with van der Waals surface area (Å²) in [6.45, 7) is 1.87. The highest BCUT2D eigenvalue weighted by Crippen LogP contribution is 2.24. The minimum Gasteiger partial charge on any atom is -0.320 e. The van der Waals surface area contributed by atoms with Crippen LogP contribution in [0.2, 0.25) is 0 Å². The van der Waals surface area contributed by atoms with E-state index < -0.39 is 0 Å². The lowest BCUT2D eigenvalue weighted by molar-refractivity contribution is 0.102. The van der Waals surface area contributed by atoms with Gasteiger partial charge in [0.25, 0.3) is 5.91 Å². The van der Waals surface area contributed by atoms with E-state index in [1.165, 1.54) is 0 Å². The van der Waals surface area contributed by atoms with E-state index in [4.69, 9.17) is 0 Å². The molecule has 6 heteroatoms. The molecule has 0 saturated heterocycles. The largest absolute Gasteiger partial charge is 0.320 e. The molecule has 0 aliphatic heterocycles. The van der Waals surface area contributed by atoms with Crippen molar-refractivity contribution in [1.29, 1.82) is 0 Å². The molecule has 25 heavy (non-hydrogen) atoms. The molecule has 1 N–H and O–H groups in total. The fourth-order valence-corrected chi connectivity index (χ4v) is 2.78. The summed E-state index contributed by atoms with van der Waals surface area (Å²) in [5.41, 5.74) is 2.61. The Kier molecular flexibility index (Phi) is 4.81. The lowest BCUT2D eigenvalue weighted by Gasteiger charge is -2.10. The zero-order valence-electron chi connectivity index (χ0n) is 13.8. The van der Waals surface area contributed by atoms with Crippen molar-refractivity contribution in [3.05, 3.63) is 81.6 Å². The van der Waals surface area contributed by atoms with E-state index in [-0.39, 0.29) is 11.7 Å². The van der Waals surface area contributed by atoms with Crippen molar-refractivity contribution in [3.63, 3.8) is 0 Å². The van der Waals surface area contributed by atoms with Gasteiger partial charge >= 0.3 is 0 Å². The monoisotopic (exact) mass is 397 g/mol. The van der Waals surface area contributed by atoms with Crippen molar-refractivity contribution in [2.24, 2.45) is 7.05 Å². The van der Waals surface area contributed by atoms with Crippen molar-refractivity contribution in [1.82, 2.24) is 9.78 Å². The molecular weight excluding hydrogens is 382 g/mol. The van der Waals surface area contributed by atoms with Crippen LogP contribution in [0.25, 0.3) is 0 Å². The summed E-state index contributed by atoms with van der Waals surface area (Å²) in [4.78, 5) is 25.3. The maximum atomic E-state index is 12.8. The zero-order chi connectivity index (χ0) is 18.0. The first kappa shape index (κ1) is 17.1. The summed E-state index contributed by atoms with van der Waals surface area (Å²) in [6, 6.07) is 15.8. The smallest absolute Gasteiger partial charge is 0.276 e. The van der Waals surface area contributed by atoms with Crippen LogP contribution in [0.5, 0.6) is 0 Å². The van der Waals surface area contributed by atoms with Crippen LogP contribution in [0.4, 0.5) is 5.69 Å². The summed E-state index contributed by atoms with van der Waals surface area (Å²) in [7, 11) is 1.77. The molecule has 1 heterocycles. The van der Waals surface area contributed by atoms with E-state index in [0.29, 0.717) is 22.5 Å². The number of amides is 1. The van der Waals surface area contributed by atoms with Gasteiger partial charge in [-0.05, 0) is 31.2 Å². The van der Waals surface area contributed by atoms with Crippen molar-refractivity contribution < 1.29 is 9.59 Å². The number of anilines is 1. The fourth-order valence-electron chi connectivity index (χ4n) is 2.42. The quantitative estimate of drug-likeness (QED) is 0.677. The van der Waals surface area contributed by atoms with E-state index in [0.717, 1.165) is 10.2 Å². The molecular formula is C19H16BrN3O2. The van der Waals surface area contributed by atoms with Crippen molar-refractivity contribution >= 4 is 33.3 Å². The predicted molar refractivity (Wildman–Crippen MR) is 99.9 cm³/mol. The number of hydrogen-bond acceptors (Lipinski definition) is 3. The molecule has 1 amide bonds. The predicted octanol–water partition coefficient (Wildman–Crippen LogP) is 3.97. The van der Waals surface area contributed by atoms with Gasteiger partial charge in [0.05, 0.1) is 5.69 Å². The Morgan fingerprint density at radius 1 is 1.08 bits per heavy atom. The van der Waals surface area contributed by atoms with Gasteiger partial charge in [-0.15, -0.1) is 0 Å². The number of nitrogens with one attached hydrogen (secondary N) is 1. The molecule has 0 aliphatic rings. The third kappa shape index (κ3) is 3.69. The molecule has 0 fully saturated rings. The Morgan fingerprint density at radius 2 is 1.80 bits per heavy atom. The Hall–Kier alpha value is -2.73. The normalized spacial score (nSPS) is 10.5. The Bertz CT molecular complexity index is 929. The highest BCUT2D eigenvalue weighted by molar-refractivity contribution is 9.10. The van der Waals surface area contributed by atoms with Crippen LogP contribution in [0.3, 0.4) is 0 Å². The molecule has 0 bridgehead atoms. The molecule has 126 valence electrons. The first-order chi connectivity index (χ1) is 12.0. The number of aromatic nitrogens is 2. The lowest BCUT2D eigenvalue weighted by atomic mass is 10.0. The highest BCUT2D eigenvalue weighted by atomic mass is 79.9. The maximum Gasteiger partial charge on any atom is 0.276 e. The Balaban J connectivity index is 1.94. The average molecular weight is 398 g/mol. The summed E-state index contributed by atoms with van der Waals surface area (Å²) in [5, 5.41) is 6.96. The van der Waals surface area contributed by atoms with Crippen LogP contribution in [0, 0.1) is 6.92 Å². The van der Waals surface area contributed by atoms with Crippen molar-refractivity contribution in [2.75, 3.05) is 5.32 Å². The average Bonchev–Trinajstić information content (AvgIpc) is 2.96. The van der Waals surface area contributed by atoms with Crippen LogP contribution >= 0.6 is 15.9 Å². The van der Waals surface area contributed by atoms with Gasteiger partial charge in [0.15, 0.2) is 11.5 Å². The minimum atomic E-state index is -0.354. The second kappa shape index (κ2) is 7.03.